The summed E-state index contributed by atoms with van der Waals surface area (Å²) in [6.07, 6.45) is -0.172. The van der Waals surface area contributed by atoms with Crippen LogP contribution in [0.4, 0.5) is 5.69 Å². The smallest absolute Gasteiger partial charge is 0.305 e. The van der Waals surface area contributed by atoms with Gasteiger partial charge in [0.15, 0.2) is 0 Å². The Bertz CT molecular complexity index is 568. The largest absolute Gasteiger partial charge is 0.481 e. The van der Waals surface area contributed by atoms with Crippen LogP contribution in [0.25, 0.3) is 0 Å². The number of carbonyl (C=O) groups is 2. The minimum Gasteiger partial charge on any atom is -0.481 e. The lowest BCUT2D eigenvalue weighted by molar-refractivity contribution is -0.385. The lowest BCUT2D eigenvalue weighted by Crippen LogP contribution is -2.29. The monoisotopic (exact) mass is 294 g/mol. The molecule has 0 aliphatic carbocycles. The average Bonchev–Trinajstić information content (AvgIpc) is 2.42. The molecule has 114 valence electrons. The molecule has 1 rings (SSSR count). The molecule has 0 spiro atoms. The molecule has 0 radical (unpaired) electrons. The van der Waals surface area contributed by atoms with Crippen LogP contribution in [0.3, 0.4) is 0 Å². The quantitative estimate of drug-likeness (QED) is 0.640. The predicted molar refractivity (Wildman–Crippen MR) is 76.4 cm³/mol. The molecule has 0 bridgehead atoms. The second-order valence-electron chi connectivity index (χ2n) is 5.06. The molecule has 0 saturated heterocycles. The van der Waals surface area contributed by atoms with Crippen molar-refractivity contribution < 1.29 is 19.6 Å². The first-order valence-electron chi connectivity index (χ1n) is 6.49. The van der Waals surface area contributed by atoms with Gasteiger partial charge in [-0.05, 0) is 12.0 Å². The van der Waals surface area contributed by atoms with Gasteiger partial charge in [0.05, 0.1) is 11.3 Å². The maximum absolute atomic E-state index is 12.1. The second kappa shape index (κ2) is 6.83. The Morgan fingerprint density at radius 1 is 1.38 bits per heavy atom. The van der Waals surface area contributed by atoms with E-state index in [1.54, 1.807) is 6.07 Å². The molecule has 0 atom stereocenters. The maximum Gasteiger partial charge on any atom is 0.305 e. The first-order chi connectivity index (χ1) is 9.73. The number of carbonyl (C=O) groups excluding carboxylic acids is 1. The van der Waals surface area contributed by atoms with Crippen LogP contribution in [0.5, 0.6) is 0 Å². The Morgan fingerprint density at radius 3 is 2.48 bits per heavy atom. The van der Waals surface area contributed by atoms with Crippen molar-refractivity contribution in [3.05, 3.63) is 39.4 Å². The van der Waals surface area contributed by atoms with E-state index in [0.717, 1.165) is 0 Å². The highest BCUT2D eigenvalue weighted by molar-refractivity contribution is 5.95. The number of nitro groups is 1. The Kier molecular flexibility index (Phi) is 5.40. The molecular weight excluding hydrogens is 276 g/mol. The molecule has 21 heavy (non-hydrogen) atoms. The van der Waals surface area contributed by atoms with E-state index >= 15 is 0 Å². The highest BCUT2D eigenvalue weighted by atomic mass is 16.6. The summed E-state index contributed by atoms with van der Waals surface area (Å²) in [5.41, 5.74) is 0.645. The first-order valence-corrected chi connectivity index (χ1v) is 6.49. The zero-order valence-corrected chi connectivity index (χ0v) is 12.2. The molecule has 0 heterocycles. The van der Waals surface area contributed by atoms with Crippen LogP contribution in [0.2, 0.25) is 0 Å². The van der Waals surface area contributed by atoms with Crippen molar-refractivity contribution in [2.45, 2.75) is 26.2 Å². The van der Waals surface area contributed by atoms with Crippen molar-refractivity contribution in [2.24, 2.45) is 0 Å². The van der Waals surface area contributed by atoms with Gasteiger partial charge in [-0.1, -0.05) is 19.9 Å². The van der Waals surface area contributed by atoms with Crippen molar-refractivity contribution in [1.29, 1.82) is 0 Å². The van der Waals surface area contributed by atoms with Crippen LogP contribution in [0, 0.1) is 10.1 Å². The second-order valence-corrected chi connectivity index (χ2v) is 5.06. The number of aliphatic carboxylic acids is 1. The lowest BCUT2D eigenvalue weighted by atomic mass is 9.99. The minimum absolute atomic E-state index is 0.0284. The Labute approximate surface area is 122 Å². The summed E-state index contributed by atoms with van der Waals surface area (Å²) >= 11 is 0. The van der Waals surface area contributed by atoms with Crippen LogP contribution in [-0.2, 0) is 4.79 Å². The molecule has 0 aliphatic rings. The SMILES string of the molecule is CC(C)c1ccc(C(=O)N(C)CCC(=O)O)cc1[N+](=O)[O-]. The molecule has 0 aromatic heterocycles. The van der Waals surface area contributed by atoms with Crippen LogP contribution < -0.4 is 0 Å². The highest BCUT2D eigenvalue weighted by Gasteiger charge is 2.21. The molecule has 0 unspecified atom stereocenters. The molecule has 1 N–H and O–H groups in total. The molecule has 1 aromatic carbocycles. The van der Waals surface area contributed by atoms with Gasteiger partial charge in [0, 0.05) is 30.8 Å². The van der Waals surface area contributed by atoms with Crippen molar-refractivity contribution in [3.8, 4) is 0 Å². The van der Waals surface area contributed by atoms with Crippen molar-refractivity contribution in [2.75, 3.05) is 13.6 Å². The summed E-state index contributed by atoms with van der Waals surface area (Å²) in [5.74, 6) is -1.47. The van der Waals surface area contributed by atoms with Crippen molar-refractivity contribution in [3.63, 3.8) is 0 Å². The molecule has 7 heteroatoms. The van der Waals surface area contributed by atoms with Gasteiger partial charge in [-0.2, -0.15) is 0 Å². The van der Waals surface area contributed by atoms with E-state index < -0.39 is 16.8 Å². The minimum atomic E-state index is -1.00. The number of hydrogen-bond donors (Lipinski definition) is 1. The summed E-state index contributed by atoms with van der Waals surface area (Å²) in [6.45, 7) is 3.72. The van der Waals surface area contributed by atoms with E-state index in [2.05, 4.69) is 0 Å². The predicted octanol–water partition coefficient (Wildman–Crippen LogP) is 2.26. The summed E-state index contributed by atoms with van der Waals surface area (Å²) in [7, 11) is 1.47. The molecule has 7 nitrogen and oxygen atoms in total. The van der Waals surface area contributed by atoms with E-state index in [1.807, 2.05) is 13.8 Å². The fourth-order valence-corrected chi connectivity index (χ4v) is 1.91. The summed E-state index contributed by atoms with van der Waals surface area (Å²) < 4.78 is 0. The number of hydrogen-bond acceptors (Lipinski definition) is 4. The zero-order valence-electron chi connectivity index (χ0n) is 12.2. The van der Waals surface area contributed by atoms with Gasteiger partial charge in [0.25, 0.3) is 11.6 Å². The lowest BCUT2D eigenvalue weighted by Gasteiger charge is -2.16. The number of carboxylic acid groups (broad SMARTS) is 1. The Balaban J connectivity index is 3.03. The third kappa shape index (κ3) is 4.27. The molecule has 1 aromatic rings. The fraction of sp³-hybridized carbons (Fsp3) is 0.429. The third-order valence-electron chi connectivity index (χ3n) is 3.10. The average molecular weight is 294 g/mol. The van der Waals surface area contributed by atoms with E-state index in [9.17, 15) is 19.7 Å². The van der Waals surface area contributed by atoms with E-state index in [0.29, 0.717) is 5.56 Å². The number of rotatable bonds is 6. The number of amides is 1. The fourth-order valence-electron chi connectivity index (χ4n) is 1.91. The van der Waals surface area contributed by atoms with Crippen molar-refractivity contribution in [1.82, 2.24) is 4.90 Å². The van der Waals surface area contributed by atoms with E-state index in [4.69, 9.17) is 5.11 Å². The molecule has 0 fully saturated rings. The number of carboxylic acids is 1. The highest BCUT2D eigenvalue weighted by Crippen LogP contribution is 2.27. The Hall–Kier alpha value is -2.44. The Morgan fingerprint density at radius 2 is 2.00 bits per heavy atom. The standard InChI is InChI=1S/C14H18N2O5/c1-9(2)11-5-4-10(8-12(11)16(20)21)14(19)15(3)7-6-13(17)18/h4-5,8-9H,6-7H2,1-3H3,(H,17,18). The summed E-state index contributed by atoms with van der Waals surface area (Å²) in [6, 6.07) is 4.35. The zero-order chi connectivity index (χ0) is 16.2. The van der Waals surface area contributed by atoms with Gasteiger partial charge < -0.3 is 10.0 Å². The van der Waals surface area contributed by atoms with Gasteiger partial charge in [-0.15, -0.1) is 0 Å². The third-order valence-corrected chi connectivity index (χ3v) is 3.10. The van der Waals surface area contributed by atoms with E-state index in [1.165, 1.54) is 24.1 Å². The number of nitrogens with zero attached hydrogens (tertiary/aromatic N) is 2. The van der Waals surface area contributed by atoms with Gasteiger partial charge in [-0.3, -0.25) is 19.7 Å². The molecule has 0 aliphatic heterocycles. The van der Waals surface area contributed by atoms with Crippen LogP contribution >= 0.6 is 0 Å². The number of nitro benzene ring substituents is 1. The van der Waals surface area contributed by atoms with Gasteiger partial charge >= 0.3 is 5.97 Å². The number of benzene rings is 1. The van der Waals surface area contributed by atoms with Crippen molar-refractivity contribution >= 4 is 17.6 Å². The van der Waals surface area contributed by atoms with Gasteiger partial charge in [-0.25, -0.2) is 0 Å². The summed E-state index contributed by atoms with van der Waals surface area (Å²) in [4.78, 5) is 34.4. The van der Waals surface area contributed by atoms with Crippen LogP contribution in [0.15, 0.2) is 18.2 Å². The maximum atomic E-state index is 12.1. The molecule has 0 saturated carbocycles. The normalized spacial score (nSPS) is 10.5. The first kappa shape index (κ1) is 16.6. The topological polar surface area (TPSA) is 101 Å². The molecule has 1 amide bonds. The van der Waals surface area contributed by atoms with E-state index in [-0.39, 0.29) is 30.1 Å². The van der Waals surface area contributed by atoms with Crippen LogP contribution in [0.1, 0.15) is 42.1 Å². The molecular formula is C14H18N2O5. The van der Waals surface area contributed by atoms with Crippen LogP contribution in [-0.4, -0.2) is 40.4 Å². The van der Waals surface area contributed by atoms with Gasteiger partial charge in [0.1, 0.15) is 0 Å². The van der Waals surface area contributed by atoms with Gasteiger partial charge in [0.2, 0.25) is 0 Å². The summed E-state index contributed by atoms with van der Waals surface area (Å²) in [5, 5.41) is 19.7.